The van der Waals surface area contributed by atoms with Gasteiger partial charge in [-0.2, -0.15) is 0 Å². The normalized spacial score (nSPS) is 20.2. The quantitative estimate of drug-likeness (QED) is 0.415. The summed E-state index contributed by atoms with van der Waals surface area (Å²) in [5.74, 6) is -0.0252. The maximum absolute atomic E-state index is 13.8. The predicted octanol–water partition coefficient (Wildman–Crippen LogP) is 3.74. The van der Waals surface area contributed by atoms with Crippen LogP contribution in [0.3, 0.4) is 0 Å². The molecule has 0 bridgehead atoms. The molecule has 3 N–H and O–H groups in total. The van der Waals surface area contributed by atoms with Crippen molar-refractivity contribution in [2.75, 3.05) is 11.9 Å². The van der Waals surface area contributed by atoms with Gasteiger partial charge >= 0.3 is 0 Å². The van der Waals surface area contributed by atoms with E-state index in [4.69, 9.17) is 0 Å². The highest BCUT2D eigenvalue weighted by Gasteiger charge is 2.26. The highest BCUT2D eigenvalue weighted by molar-refractivity contribution is 7.89. The van der Waals surface area contributed by atoms with E-state index in [2.05, 4.69) is 17.0 Å². The number of nitro groups is 1. The molecule has 1 aliphatic rings. The van der Waals surface area contributed by atoms with Crippen LogP contribution in [0.15, 0.2) is 47.4 Å². The third-order valence-corrected chi connectivity index (χ3v) is 7.08. The Labute approximate surface area is 180 Å². The summed E-state index contributed by atoms with van der Waals surface area (Å²) in [4.78, 5) is 10.6. The highest BCUT2D eigenvalue weighted by atomic mass is 32.2. The first kappa shape index (κ1) is 23.1. The molecule has 8 nitrogen and oxygen atoms in total. The lowest BCUT2D eigenvalue weighted by Crippen LogP contribution is -2.37. The molecule has 0 heterocycles. The number of halogens is 1. The first-order chi connectivity index (χ1) is 14.7. The number of rotatable bonds is 8. The Kier molecular flexibility index (Phi) is 7.24. The smallest absolute Gasteiger partial charge is 0.293 e. The van der Waals surface area contributed by atoms with Crippen LogP contribution >= 0.6 is 0 Å². The van der Waals surface area contributed by atoms with Crippen LogP contribution < -0.4 is 10.0 Å². The van der Waals surface area contributed by atoms with Crippen LogP contribution in [0.25, 0.3) is 0 Å². The average molecular weight is 452 g/mol. The molecule has 0 aliphatic heterocycles. The predicted molar refractivity (Wildman–Crippen MR) is 115 cm³/mol. The van der Waals surface area contributed by atoms with Crippen molar-refractivity contribution in [2.45, 2.75) is 49.6 Å². The van der Waals surface area contributed by atoms with Gasteiger partial charge in [0.2, 0.25) is 10.0 Å². The lowest BCUT2D eigenvalue weighted by molar-refractivity contribution is -0.384. The van der Waals surface area contributed by atoms with Crippen LogP contribution in [0.1, 0.15) is 44.3 Å². The van der Waals surface area contributed by atoms with Gasteiger partial charge in [0.15, 0.2) is 0 Å². The fraction of sp³-hybridized carbons (Fsp3) is 0.429. The Balaban J connectivity index is 1.75. The Morgan fingerprint density at radius 3 is 2.52 bits per heavy atom. The third-order valence-electron chi connectivity index (χ3n) is 5.56. The second kappa shape index (κ2) is 9.71. The van der Waals surface area contributed by atoms with E-state index in [1.165, 1.54) is 30.3 Å². The van der Waals surface area contributed by atoms with Crippen LogP contribution in [0, 0.1) is 21.8 Å². The lowest BCUT2D eigenvalue weighted by Gasteiger charge is -2.26. The number of hydrogen-bond acceptors (Lipinski definition) is 6. The van der Waals surface area contributed by atoms with Gasteiger partial charge < -0.3 is 10.4 Å². The van der Waals surface area contributed by atoms with Crippen LogP contribution in [-0.4, -0.2) is 31.0 Å². The summed E-state index contributed by atoms with van der Waals surface area (Å²) in [5, 5.41) is 24.4. The molecule has 2 aromatic rings. The maximum Gasteiger partial charge on any atom is 0.293 e. The van der Waals surface area contributed by atoms with Gasteiger partial charge in [0.1, 0.15) is 11.5 Å². The summed E-state index contributed by atoms with van der Waals surface area (Å²) in [6, 6.07) is 9.06. The van der Waals surface area contributed by atoms with Crippen molar-refractivity contribution in [1.82, 2.24) is 4.72 Å². The van der Waals surface area contributed by atoms with Crippen LogP contribution in [0.2, 0.25) is 0 Å². The minimum Gasteiger partial charge on any atom is -0.386 e. The van der Waals surface area contributed by atoms with Crippen LogP contribution in [0.4, 0.5) is 15.8 Å². The molecule has 2 aromatic carbocycles. The van der Waals surface area contributed by atoms with E-state index in [1.807, 2.05) is 0 Å². The minimum atomic E-state index is -3.91. The summed E-state index contributed by atoms with van der Waals surface area (Å²) in [6.45, 7) is 1.94. The van der Waals surface area contributed by atoms with Crippen molar-refractivity contribution >= 4 is 21.4 Å². The number of nitrogens with zero attached hydrogens (tertiary/aromatic N) is 1. The van der Waals surface area contributed by atoms with Gasteiger partial charge in [-0.15, -0.1) is 0 Å². The Bertz CT molecular complexity index is 1040. The molecule has 31 heavy (non-hydrogen) atoms. The fourth-order valence-corrected chi connectivity index (χ4v) is 5.03. The van der Waals surface area contributed by atoms with Gasteiger partial charge in [-0.1, -0.05) is 25.1 Å². The molecule has 0 radical (unpaired) electrons. The zero-order chi connectivity index (χ0) is 22.6. The average Bonchev–Trinajstić information content (AvgIpc) is 2.73. The molecule has 0 spiro atoms. The van der Waals surface area contributed by atoms with E-state index in [-0.39, 0.29) is 28.7 Å². The largest absolute Gasteiger partial charge is 0.386 e. The van der Waals surface area contributed by atoms with Crippen molar-refractivity contribution in [3.8, 4) is 0 Å². The number of aliphatic hydroxyl groups is 1. The summed E-state index contributed by atoms with van der Waals surface area (Å²) >= 11 is 0. The van der Waals surface area contributed by atoms with Gasteiger partial charge in [-0.3, -0.25) is 10.1 Å². The van der Waals surface area contributed by atoms with Crippen molar-refractivity contribution in [3.63, 3.8) is 0 Å². The van der Waals surface area contributed by atoms with E-state index in [0.717, 1.165) is 31.7 Å². The summed E-state index contributed by atoms with van der Waals surface area (Å²) in [5.41, 5.74) is -0.352. The minimum absolute atomic E-state index is 0.0332. The second-order valence-electron chi connectivity index (χ2n) is 7.93. The Morgan fingerprint density at radius 2 is 1.87 bits per heavy atom. The van der Waals surface area contributed by atoms with Crippen molar-refractivity contribution in [2.24, 2.45) is 5.92 Å². The number of aliphatic hydroxyl groups excluding tert-OH is 1. The highest BCUT2D eigenvalue weighted by Crippen LogP contribution is 2.30. The number of anilines is 1. The van der Waals surface area contributed by atoms with E-state index in [0.29, 0.717) is 5.92 Å². The van der Waals surface area contributed by atoms with Crippen LogP contribution in [-0.2, 0) is 10.0 Å². The molecule has 1 saturated carbocycles. The van der Waals surface area contributed by atoms with Gasteiger partial charge in [-0.05, 0) is 49.8 Å². The summed E-state index contributed by atoms with van der Waals surface area (Å²) in [7, 11) is -3.91. The number of sulfonamides is 1. The lowest BCUT2D eigenvalue weighted by atomic mass is 9.88. The molecule has 0 saturated heterocycles. The molecule has 1 unspecified atom stereocenters. The molecule has 1 aliphatic carbocycles. The SMILES string of the molecule is CC1CCC(NS(=O)(=O)c2ccc(NCC(O)c3ccccc3F)c([N+](=O)[O-])c2)CC1. The van der Waals surface area contributed by atoms with Crippen molar-refractivity contribution in [1.29, 1.82) is 0 Å². The number of nitro benzene ring substituents is 1. The molecule has 10 heteroatoms. The molecule has 168 valence electrons. The zero-order valence-corrected chi connectivity index (χ0v) is 17.9. The van der Waals surface area contributed by atoms with Gasteiger partial charge in [0.05, 0.1) is 15.9 Å². The van der Waals surface area contributed by atoms with Gasteiger partial charge in [0.25, 0.3) is 5.69 Å². The van der Waals surface area contributed by atoms with Gasteiger partial charge in [0, 0.05) is 24.2 Å². The molecule has 0 amide bonds. The maximum atomic E-state index is 13.8. The first-order valence-corrected chi connectivity index (χ1v) is 11.6. The van der Waals surface area contributed by atoms with Crippen molar-refractivity contribution < 1.29 is 22.8 Å². The number of nitrogens with one attached hydrogen (secondary N) is 2. The molecule has 0 aromatic heterocycles. The molecule has 1 fully saturated rings. The number of hydrogen-bond donors (Lipinski definition) is 3. The van der Waals surface area contributed by atoms with Gasteiger partial charge in [-0.25, -0.2) is 17.5 Å². The first-order valence-electron chi connectivity index (χ1n) is 10.1. The van der Waals surface area contributed by atoms with E-state index in [1.54, 1.807) is 6.07 Å². The van der Waals surface area contributed by atoms with E-state index in [9.17, 15) is 28.0 Å². The van der Waals surface area contributed by atoms with Crippen LogP contribution in [0.5, 0.6) is 0 Å². The van der Waals surface area contributed by atoms with Crippen molar-refractivity contribution in [3.05, 3.63) is 64.0 Å². The molecule has 3 rings (SSSR count). The number of benzene rings is 2. The Hall–Kier alpha value is -2.56. The molecule has 1 atom stereocenters. The Morgan fingerprint density at radius 1 is 1.19 bits per heavy atom. The zero-order valence-electron chi connectivity index (χ0n) is 17.1. The third kappa shape index (κ3) is 5.78. The standard InChI is InChI=1S/C21H26FN3O5S/c1-14-6-8-15(9-7-14)24-31(29,30)16-10-11-19(20(12-16)25(27)28)23-13-21(26)17-4-2-3-5-18(17)22/h2-5,10-12,14-15,21,23-24,26H,6-9,13H2,1H3. The summed E-state index contributed by atoms with van der Waals surface area (Å²) in [6.07, 6.45) is 2.09. The topological polar surface area (TPSA) is 122 Å². The van der Waals surface area contributed by atoms with E-state index < -0.39 is 32.6 Å². The molecular formula is C21H26FN3O5S. The monoisotopic (exact) mass is 451 g/mol. The fourth-order valence-electron chi connectivity index (χ4n) is 3.71. The molecular weight excluding hydrogens is 425 g/mol. The van der Waals surface area contributed by atoms with E-state index >= 15 is 0 Å². The summed E-state index contributed by atoms with van der Waals surface area (Å²) < 4.78 is 41.9. The second-order valence-corrected chi connectivity index (χ2v) is 9.65.